The predicted molar refractivity (Wildman–Crippen MR) is 136 cm³/mol. The molecule has 2 atom stereocenters. The van der Waals surface area contributed by atoms with Crippen molar-refractivity contribution in [1.82, 2.24) is 24.4 Å². The maximum Gasteiger partial charge on any atom is 0.326 e. The second-order valence-corrected chi connectivity index (χ2v) is 10.1. The van der Waals surface area contributed by atoms with E-state index in [1.54, 1.807) is 29.4 Å². The van der Waals surface area contributed by atoms with Crippen molar-refractivity contribution in [3.63, 3.8) is 0 Å². The monoisotopic (exact) mass is 508 g/mol. The molecule has 4 aromatic rings. The number of aromatic amines is 1. The Kier molecular flexibility index (Phi) is 6.40. The first-order valence-corrected chi connectivity index (χ1v) is 13.0. The summed E-state index contributed by atoms with van der Waals surface area (Å²) < 4.78 is 27.3. The van der Waals surface area contributed by atoms with Crippen LogP contribution in [0.15, 0.2) is 64.8 Å². The minimum Gasteiger partial charge on any atom is -0.367 e. The molecular formula is C25H25FN6O3S. The molecule has 1 amide bonds. The standard InChI is InChI=1S/C25H25FN6O3S/c1-16-14-30(21-8-7-18(26)11-19(21)17-12-27-24(28-13-17)36(2)35)9-10-31(16)23(33)15-32-22-6-4-3-5-20(22)29-25(32)34/h3-8,11-13,16H,9-10,14-15H2,1-2H3,(H,29,34). The zero-order valence-electron chi connectivity index (χ0n) is 19.8. The van der Waals surface area contributed by atoms with E-state index in [9.17, 15) is 18.2 Å². The van der Waals surface area contributed by atoms with Gasteiger partial charge in [-0.05, 0) is 37.3 Å². The number of hydrogen-bond donors (Lipinski definition) is 1. The van der Waals surface area contributed by atoms with Gasteiger partial charge in [-0.1, -0.05) is 12.1 Å². The Morgan fingerprint density at radius 2 is 1.92 bits per heavy atom. The summed E-state index contributed by atoms with van der Waals surface area (Å²) in [6.07, 6.45) is 4.59. The van der Waals surface area contributed by atoms with Crippen molar-refractivity contribution in [2.75, 3.05) is 30.8 Å². The molecule has 36 heavy (non-hydrogen) atoms. The van der Waals surface area contributed by atoms with Crippen LogP contribution in [-0.2, 0) is 22.1 Å². The number of anilines is 1. The number of piperazine rings is 1. The number of aromatic nitrogens is 4. The van der Waals surface area contributed by atoms with E-state index in [2.05, 4.69) is 19.9 Å². The summed E-state index contributed by atoms with van der Waals surface area (Å²) in [6, 6.07) is 11.7. The molecule has 1 N–H and O–H groups in total. The fraction of sp³-hybridized carbons (Fsp3) is 0.280. The minimum atomic E-state index is -1.31. The number of fused-ring (bicyclic) bond motifs is 1. The van der Waals surface area contributed by atoms with Crippen LogP contribution in [0, 0.1) is 5.82 Å². The number of amides is 1. The fourth-order valence-electron chi connectivity index (χ4n) is 4.66. The molecule has 1 aliphatic rings. The number of carbonyl (C=O) groups is 1. The van der Waals surface area contributed by atoms with Crippen LogP contribution >= 0.6 is 0 Å². The van der Waals surface area contributed by atoms with Crippen LogP contribution in [0.5, 0.6) is 0 Å². The number of H-pyrrole nitrogens is 1. The van der Waals surface area contributed by atoms with Crippen molar-refractivity contribution < 1.29 is 13.4 Å². The molecule has 0 saturated carbocycles. The molecule has 0 radical (unpaired) electrons. The third kappa shape index (κ3) is 4.53. The number of para-hydroxylation sites is 2. The zero-order chi connectivity index (χ0) is 25.4. The smallest absolute Gasteiger partial charge is 0.326 e. The van der Waals surface area contributed by atoms with Gasteiger partial charge in [-0.3, -0.25) is 13.6 Å². The highest BCUT2D eigenvalue weighted by Gasteiger charge is 2.29. The van der Waals surface area contributed by atoms with Gasteiger partial charge < -0.3 is 14.8 Å². The summed E-state index contributed by atoms with van der Waals surface area (Å²) in [5.41, 5.74) is 3.12. The number of benzene rings is 2. The Morgan fingerprint density at radius 3 is 2.64 bits per heavy atom. The molecule has 2 aromatic carbocycles. The third-order valence-corrected chi connectivity index (χ3v) is 7.14. The normalized spacial score (nSPS) is 16.9. The summed E-state index contributed by atoms with van der Waals surface area (Å²) in [5, 5.41) is 0.215. The summed E-state index contributed by atoms with van der Waals surface area (Å²) in [5.74, 6) is -0.521. The molecule has 1 aliphatic heterocycles. The fourth-order valence-corrected chi connectivity index (χ4v) is 5.06. The molecule has 186 valence electrons. The molecule has 11 heteroatoms. The molecule has 0 aliphatic carbocycles. The Balaban J connectivity index is 1.35. The Morgan fingerprint density at radius 1 is 1.17 bits per heavy atom. The second kappa shape index (κ2) is 9.65. The van der Waals surface area contributed by atoms with Crippen LogP contribution in [-0.4, -0.2) is 66.5 Å². The molecule has 0 spiro atoms. The lowest BCUT2D eigenvalue weighted by Crippen LogP contribution is -2.55. The molecule has 2 aromatic heterocycles. The van der Waals surface area contributed by atoms with E-state index in [1.165, 1.54) is 23.0 Å². The zero-order valence-corrected chi connectivity index (χ0v) is 20.7. The van der Waals surface area contributed by atoms with Gasteiger partial charge in [0, 0.05) is 61.1 Å². The van der Waals surface area contributed by atoms with Gasteiger partial charge >= 0.3 is 5.69 Å². The van der Waals surface area contributed by atoms with Crippen LogP contribution in [0.3, 0.4) is 0 Å². The van der Waals surface area contributed by atoms with Gasteiger partial charge in [-0.15, -0.1) is 0 Å². The number of halogens is 1. The molecule has 1 saturated heterocycles. The van der Waals surface area contributed by atoms with E-state index in [0.717, 1.165) is 5.69 Å². The molecule has 0 bridgehead atoms. The summed E-state index contributed by atoms with van der Waals surface area (Å²) in [4.78, 5) is 40.5. The van der Waals surface area contributed by atoms with E-state index < -0.39 is 10.8 Å². The van der Waals surface area contributed by atoms with E-state index in [4.69, 9.17) is 0 Å². The number of rotatable bonds is 5. The number of carbonyl (C=O) groups excluding carboxylic acids is 1. The average molecular weight is 509 g/mol. The van der Waals surface area contributed by atoms with Crippen molar-refractivity contribution in [3.05, 3.63) is 71.2 Å². The molecular weight excluding hydrogens is 483 g/mol. The first-order chi connectivity index (χ1) is 17.3. The number of nitrogens with zero attached hydrogens (tertiary/aromatic N) is 5. The van der Waals surface area contributed by atoms with Gasteiger partial charge in [-0.25, -0.2) is 19.2 Å². The third-order valence-electron chi connectivity index (χ3n) is 6.42. The maximum absolute atomic E-state index is 14.2. The van der Waals surface area contributed by atoms with Gasteiger partial charge in [-0.2, -0.15) is 0 Å². The largest absolute Gasteiger partial charge is 0.367 e. The highest BCUT2D eigenvalue weighted by atomic mass is 32.2. The summed E-state index contributed by atoms with van der Waals surface area (Å²) >= 11 is 0. The summed E-state index contributed by atoms with van der Waals surface area (Å²) in [7, 11) is -1.31. The Hall–Kier alpha value is -3.86. The molecule has 9 nitrogen and oxygen atoms in total. The van der Waals surface area contributed by atoms with Crippen LogP contribution in [0.25, 0.3) is 22.2 Å². The lowest BCUT2D eigenvalue weighted by Gasteiger charge is -2.41. The van der Waals surface area contributed by atoms with Crippen molar-refractivity contribution in [1.29, 1.82) is 0 Å². The Bertz CT molecular complexity index is 1520. The second-order valence-electron chi connectivity index (χ2n) is 8.79. The van der Waals surface area contributed by atoms with Crippen molar-refractivity contribution in [3.8, 4) is 11.1 Å². The Labute approximate surface area is 209 Å². The van der Waals surface area contributed by atoms with Crippen LogP contribution in [0.1, 0.15) is 6.92 Å². The van der Waals surface area contributed by atoms with Crippen molar-refractivity contribution in [2.24, 2.45) is 0 Å². The minimum absolute atomic E-state index is 0.0442. The average Bonchev–Trinajstić information content (AvgIpc) is 3.18. The van der Waals surface area contributed by atoms with Crippen molar-refractivity contribution in [2.45, 2.75) is 24.7 Å². The number of hydrogen-bond acceptors (Lipinski definition) is 6. The number of nitrogens with one attached hydrogen (secondary N) is 1. The van der Waals surface area contributed by atoms with Gasteiger partial charge in [0.1, 0.15) is 12.4 Å². The lowest BCUT2D eigenvalue weighted by molar-refractivity contribution is -0.134. The van der Waals surface area contributed by atoms with Gasteiger partial charge in [0.25, 0.3) is 0 Å². The van der Waals surface area contributed by atoms with Crippen LogP contribution < -0.4 is 10.6 Å². The molecule has 5 rings (SSSR count). The first kappa shape index (κ1) is 23.9. The lowest BCUT2D eigenvalue weighted by atomic mass is 10.0. The number of imidazole rings is 1. The van der Waals surface area contributed by atoms with E-state index in [1.807, 2.05) is 25.1 Å². The van der Waals surface area contributed by atoms with E-state index in [-0.39, 0.29) is 35.2 Å². The maximum atomic E-state index is 14.2. The topological polar surface area (TPSA) is 104 Å². The molecule has 2 unspecified atom stereocenters. The van der Waals surface area contributed by atoms with Crippen LogP contribution in [0.2, 0.25) is 0 Å². The quantitative estimate of drug-likeness (QED) is 0.415. The highest BCUT2D eigenvalue weighted by molar-refractivity contribution is 7.84. The van der Waals surface area contributed by atoms with Gasteiger partial charge in [0.05, 0.1) is 21.8 Å². The van der Waals surface area contributed by atoms with Gasteiger partial charge in [0.15, 0.2) is 0 Å². The van der Waals surface area contributed by atoms with E-state index >= 15 is 0 Å². The molecule has 3 heterocycles. The van der Waals surface area contributed by atoms with Crippen LogP contribution in [0.4, 0.5) is 10.1 Å². The van der Waals surface area contributed by atoms with Gasteiger partial charge in [0.2, 0.25) is 11.1 Å². The predicted octanol–water partition coefficient (Wildman–Crippen LogP) is 2.40. The SMILES string of the molecule is CC1CN(c2ccc(F)cc2-c2cnc(S(C)=O)nc2)CCN1C(=O)Cn1c(=O)[nH]c2ccccc21. The highest BCUT2D eigenvalue weighted by Crippen LogP contribution is 2.32. The first-order valence-electron chi connectivity index (χ1n) is 11.5. The van der Waals surface area contributed by atoms with Crippen molar-refractivity contribution >= 4 is 33.4 Å². The molecule has 1 fully saturated rings. The summed E-state index contributed by atoms with van der Waals surface area (Å²) in [6.45, 7) is 3.44. The van der Waals surface area contributed by atoms with E-state index in [0.29, 0.717) is 41.8 Å².